The van der Waals surface area contributed by atoms with E-state index in [1.807, 2.05) is 25.1 Å². The molecule has 36 heavy (non-hydrogen) atoms. The molecule has 3 aliphatic carbocycles. The van der Waals surface area contributed by atoms with Gasteiger partial charge in [0.1, 0.15) is 5.82 Å². The van der Waals surface area contributed by atoms with Crippen LogP contribution in [0.4, 0.5) is 8.78 Å². The van der Waals surface area contributed by atoms with Gasteiger partial charge in [0.15, 0.2) is 11.6 Å². The highest BCUT2D eigenvalue weighted by Gasteiger charge is 2.31. The quantitative estimate of drug-likeness (QED) is 0.390. The first kappa shape index (κ1) is 25.5. The highest BCUT2D eigenvalue weighted by Crippen LogP contribution is 2.44. The molecule has 1 unspecified atom stereocenters. The topological polar surface area (TPSA) is 9.23 Å². The standard InChI is InChI=1S/C33H42F2O/c1-3-36-33-19-17-29(21-32(33)35)26-12-14-27(15-13-26)30-18-16-28(20-31(30)34)25-10-8-24(9-11-25)23-6-4-22(2)5-7-23/h14,16-26H,3-13,15H2,1-2H3. The van der Waals surface area contributed by atoms with Crippen molar-refractivity contribution in [2.24, 2.45) is 17.8 Å². The van der Waals surface area contributed by atoms with Crippen molar-refractivity contribution in [2.45, 2.75) is 96.3 Å². The van der Waals surface area contributed by atoms with Gasteiger partial charge in [0.05, 0.1) is 6.61 Å². The summed E-state index contributed by atoms with van der Waals surface area (Å²) in [7, 11) is 0. The Bertz CT molecular complexity index is 1060. The van der Waals surface area contributed by atoms with E-state index in [0.717, 1.165) is 53.7 Å². The van der Waals surface area contributed by atoms with Crippen molar-refractivity contribution in [1.82, 2.24) is 0 Å². The van der Waals surface area contributed by atoms with Gasteiger partial charge in [0.2, 0.25) is 0 Å². The maximum absolute atomic E-state index is 15.3. The van der Waals surface area contributed by atoms with E-state index in [-0.39, 0.29) is 17.6 Å². The fraction of sp³-hybridized carbons (Fsp3) is 0.576. The van der Waals surface area contributed by atoms with Crippen molar-refractivity contribution in [3.8, 4) is 5.75 Å². The minimum absolute atomic E-state index is 0.0762. The summed E-state index contributed by atoms with van der Waals surface area (Å²) < 4.78 is 34.9. The lowest BCUT2D eigenvalue weighted by Gasteiger charge is -2.37. The maximum atomic E-state index is 15.3. The van der Waals surface area contributed by atoms with Gasteiger partial charge in [-0.25, -0.2) is 8.78 Å². The fourth-order valence-electron chi connectivity index (χ4n) is 7.15. The van der Waals surface area contributed by atoms with Gasteiger partial charge in [-0.1, -0.05) is 44.0 Å². The lowest BCUT2D eigenvalue weighted by Crippen LogP contribution is -2.24. The summed E-state index contributed by atoms with van der Waals surface area (Å²) in [6, 6.07) is 11.3. The Morgan fingerprint density at radius 3 is 2.00 bits per heavy atom. The number of hydrogen-bond donors (Lipinski definition) is 0. The molecule has 2 aromatic carbocycles. The molecular weight excluding hydrogens is 450 g/mol. The molecular formula is C33H42F2O. The number of allylic oxidation sites excluding steroid dienone is 2. The van der Waals surface area contributed by atoms with E-state index < -0.39 is 0 Å². The highest BCUT2D eigenvalue weighted by atomic mass is 19.1. The summed E-state index contributed by atoms with van der Waals surface area (Å²) >= 11 is 0. The van der Waals surface area contributed by atoms with Gasteiger partial charge in [-0.05, 0) is 129 Å². The molecule has 2 saturated carbocycles. The van der Waals surface area contributed by atoms with Crippen molar-refractivity contribution >= 4 is 5.57 Å². The Balaban J connectivity index is 1.19. The van der Waals surface area contributed by atoms with Gasteiger partial charge in [-0.15, -0.1) is 0 Å². The monoisotopic (exact) mass is 492 g/mol. The van der Waals surface area contributed by atoms with E-state index in [2.05, 4.69) is 19.1 Å². The third-order valence-corrected chi connectivity index (χ3v) is 9.45. The van der Waals surface area contributed by atoms with Crippen LogP contribution in [0.15, 0.2) is 42.5 Å². The van der Waals surface area contributed by atoms with E-state index in [0.29, 0.717) is 18.3 Å². The third-order valence-electron chi connectivity index (χ3n) is 9.45. The number of rotatable bonds is 6. The SMILES string of the molecule is CCOc1ccc(C2CC=C(c3ccc(C4CCC(C5CCC(C)CC5)CC4)cc3F)CC2)cc1F. The van der Waals surface area contributed by atoms with Crippen molar-refractivity contribution < 1.29 is 13.5 Å². The predicted molar refractivity (Wildman–Crippen MR) is 144 cm³/mol. The number of hydrogen-bond acceptors (Lipinski definition) is 1. The van der Waals surface area contributed by atoms with Crippen molar-refractivity contribution in [3.05, 3.63) is 70.8 Å². The second-order valence-corrected chi connectivity index (χ2v) is 11.7. The summed E-state index contributed by atoms with van der Waals surface area (Å²) in [6.45, 7) is 4.71. The van der Waals surface area contributed by atoms with E-state index in [4.69, 9.17) is 4.74 Å². The van der Waals surface area contributed by atoms with Gasteiger partial charge in [-0.3, -0.25) is 0 Å². The van der Waals surface area contributed by atoms with E-state index in [1.165, 1.54) is 56.9 Å². The zero-order valence-corrected chi connectivity index (χ0v) is 22.1. The normalized spacial score (nSPS) is 29.0. The molecule has 0 heterocycles. The van der Waals surface area contributed by atoms with Crippen LogP contribution in [0.25, 0.3) is 5.57 Å². The highest BCUT2D eigenvalue weighted by molar-refractivity contribution is 5.67. The molecule has 194 valence electrons. The Morgan fingerprint density at radius 1 is 0.750 bits per heavy atom. The second-order valence-electron chi connectivity index (χ2n) is 11.7. The number of ether oxygens (including phenoxy) is 1. The molecule has 1 nitrogen and oxygen atoms in total. The number of benzene rings is 2. The summed E-state index contributed by atoms with van der Waals surface area (Å²) in [5.41, 5.74) is 4.03. The van der Waals surface area contributed by atoms with E-state index >= 15 is 4.39 Å². The second kappa shape index (κ2) is 11.5. The summed E-state index contributed by atoms with van der Waals surface area (Å²) in [5, 5.41) is 0. The van der Waals surface area contributed by atoms with Crippen LogP contribution >= 0.6 is 0 Å². The lowest BCUT2D eigenvalue weighted by atomic mass is 9.68. The molecule has 0 spiro atoms. The summed E-state index contributed by atoms with van der Waals surface area (Å²) in [6.07, 6.45) is 15.4. The van der Waals surface area contributed by atoms with Crippen LogP contribution in [-0.2, 0) is 0 Å². The van der Waals surface area contributed by atoms with E-state index in [1.54, 1.807) is 12.1 Å². The van der Waals surface area contributed by atoms with Gasteiger partial charge in [-0.2, -0.15) is 0 Å². The van der Waals surface area contributed by atoms with Crippen molar-refractivity contribution in [3.63, 3.8) is 0 Å². The molecule has 3 heteroatoms. The van der Waals surface area contributed by atoms with Gasteiger partial charge >= 0.3 is 0 Å². The zero-order chi connectivity index (χ0) is 25.1. The molecule has 0 bridgehead atoms. The van der Waals surface area contributed by atoms with Gasteiger partial charge < -0.3 is 4.74 Å². The number of halogens is 2. The molecule has 1 atom stereocenters. The van der Waals surface area contributed by atoms with Crippen LogP contribution in [0, 0.1) is 29.4 Å². The molecule has 0 N–H and O–H groups in total. The predicted octanol–water partition coefficient (Wildman–Crippen LogP) is 9.81. The first-order valence-electron chi connectivity index (χ1n) is 14.4. The van der Waals surface area contributed by atoms with Crippen LogP contribution in [0.2, 0.25) is 0 Å². The maximum Gasteiger partial charge on any atom is 0.165 e. The molecule has 0 aromatic heterocycles. The zero-order valence-electron chi connectivity index (χ0n) is 22.1. The van der Waals surface area contributed by atoms with Crippen LogP contribution in [-0.4, -0.2) is 6.61 Å². The molecule has 0 radical (unpaired) electrons. The Morgan fingerprint density at radius 2 is 1.39 bits per heavy atom. The first-order chi connectivity index (χ1) is 17.5. The molecule has 0 aliphatic heterocycles. The van der Waals surface area contributed by atoms with Crippen LogP contribution in [0.5, 0.6) is 5.75 Å². The Kier molecular flexibility index (Phi) is 8.13. The Hall–Kier alpha value is -2.16. The van der Waals surface area contributed by atoms with E-state index in [9.17, 15) is 4.39 Å². The molecule has 0 amide bonds. The first-order valence-corrected chi connectivity index (χ1v) is 14.4. The Labute approximate surface area is 216 Å². The largest absolute Gasteiger partial charge is 0.491 e. The van der Waals surface area contributed by atoms with Crippen LogP contribution in [0.3, 0.4) is 0 Å². The van der Waals surface area contributed by atoms with Gasteiger partial charge in [0, 0.05) is 5.56 Å². The van der Waals surface area contributed by atoms with Crippen LogP contribution < -0.4 is 4.74 Å². The summed E-state index contributed by atoms with van der Waals surface area (Å²) in [4.78, 5) is 0. The molecule has 2 aromatic rings. The third kappa shape index (κ3) is 5.71. The minimum atomic E-state index is -0.298. The molecule has 2 fully saturated rings. The molecule has 3 aliphatic rings. The minimum Gasteiger partial charge on any atom is -0.491 e. The average Bonchev–Trinajstić information content (AvgIpc) is 2.91. The van der Waals surface area contributed by atoms with Gasteiger partial charge in [0.25, 0.3) is 0 Å². The lowest BCUT2D eigenvalue weighted by molar-refractivity contribution is 0.165. The van der Waals surface area contributed by atoms with Crippen LogP contribution in [0.1, 0.15) is 113 Å². The summed E-state index contributed by atoms with van der Waals surface area (Å²) in [5.74, 6) is 3.45. The van der Waals surface area contributed by atoms with Crippen molar-refractivity contribution in [2.75, 3.05) is 6.61 Å². The van der Waals surface area contributed by atoms with Crippen molar-refractivity contribution in [1.29, 1.82) is 0 Å². The average molecular weight is 493 g/mol. The molecule has 0 saturated heterocycles. The smallest absolute Gasteiger partial charge is 0.165 e. The molecule has 5 rings (SSSR count). The fourth-order valence-corrected chi connectivity index (χ4v) is 7.15.